The highest BCUT2D eigenvalue weighted by atomic mass is 16.5. The number of likely N-dealkylation sites (tertiary alicyclic amines) is 1. The highest BCUT2D eigenvalue weighted by Gasteiger charge is 2.39. The predicted molar refractivity (Wildman–Crippen MR) is 82.9 cm³/mol. The Bertz CT molecular complexity index is 301. The van der Waals surface area contributed by atoms with Crippen molar-refractivity contribution in [3.05, 3.63) is 0 Å². The summed E-state index contributed by atoms with van der Waals surface area (Å²) in [5.74, 6) is 2.04. The van der Waals surface area contributed by atoms with E-state index < -0.39 is 0 Å². The van der Waals surface area contributed by atoms with E-state index in [0.717, 1.165) is 38.1 Å². The van der Waals surface area contributed by atoms with Crippen LogP contribution in [-0.2, 0) is 4.74 Å². The van der Waals surface area contributed by atoms with Crippen LogP contribution in [0.15, 0.2) is 0 Å². The molecule has 20 heavy (non-hydrogen) atoms. The van der Waals surface area contributed by atoms with Crippen LogP contribution in [0.1, 0.15) is 45.4 Å². The van der Waals surface area contributed by atoms with Crippen molar-refractivity contribution in [3.63, 3.8) is 0 Å². The third-order valence-corrected chi connectivity index (χ3v) is 5.87. The standard InChI is InChI=1S/C17H32N2O/c1-2-18-12-17(8-10-20-14-17)13-19-9-7-15-5-3-4-6-16(15)11-19/h15-16,18H,2-14H2,1H3. The third kappa shape index (κ3) is 3.37. The van der Waals surface area contributed by atoms with Crippen molar-refractivity contribution in [1.82, 2.24) is 10.2 Å². The summed E-state index contributed by atoms with van der Waals surface area (Å²) in [5.41, 5.74) is 0.386. The van der Waals surface area contributed by atoms with E-state index in [-0.39, 0.29) is 0 Å². The topological polar surface area (TPSA) is 24.5 Å². The van der Waals surface area contributed by atoms with Crippen molar-refractivity contribution >= 4 is 0 Å². The fourth-order valence-corrected chi connectivity index (χ4v) is 4.65. The molecule has 1 aliphatic carbocycles. The maximum Gasteiger partial charge on any atom is 0.0547 e. The van der Waals surface area contributed by atoms with Crippen LogP contribution in [0.4, 0.5) is 0 Å². The second kappa shape index (κ2) is 6.76. The van der Waals surface area contributed by atoms with Gasteiger partial charge in [0.05, 0.1) is 6.61 Å². The van der Waals surface area contributed by atoms with Gasteiger partial charge in [-0.25, -0.2) is 0 Å². The molecule has 0 radical (unpaired) electrons. The van der Waals surface area contributed by atoms with Crippen LogP contribution >= 0.6 is 0 Å². The Morgan fingerprint density at radius 3 is 2.80 bits per heavy atom. The normalized spacial score (nSPS) is 38.9. The lowest BCUT2D eigenvalue weighted by atomic mass is 9.74. The molecule has 0 amide bonds. The van der Waals surface area contributed by atoms with Crippen LogP contribution in [0, 0.1) is 17.3 Å². The number of nitrogens with one attached hydrogen (secondary N) is 1. The Kier molecular flexibility index (Phi) is 5.00. The van der Waals surface area contributed by atoms with Gasteiger partial charge in [0.2, 0.25) is 0 Å². The molecule has 3 fully saturated rings. The SMILES string of the molecule is CCNCC1(CN2CCC3CCCCC3C2)CCOC1. The van der Waals surface area contributed by atoms with Crippen LogP contribution in [-0.4, -0.2) is 50.8 Å². The molecule has 3 nitrogen and oxygen atoms in total. The quantitative estimate of drug-likeness (QED) is 0.837. The van der Waals surface area contributed by atoms with Crippen LogP contribution in [0.5, 0.6) is 0 Å². The van der Waals surface area contributed by atoms with E-state index in [1.165, 1.54) is 58.2 Å². The van der Waals surface area contributed by atoms with E-state index in [4.69, 9.17) is 4.74 Å². The minimum absolute atomic E-state index is 0.386. The molecule has 3 aliphatic rings. The zero-order valence-corrected chi connectivity index (χ0v) is 13.2. The van der Waals surface area contributed by atoms with E-state index in [2.05, 4.69) is 17.1 Å². The van der Waals surface area contributed by atoms with E-state index in [9.17, 15) is 0 Å². The highest BCUT2D eigenvalue weighted by molar-refractivity contribution is 4.91. The second-order valence-corrected chi connectivity index (χ2v) is 7.41. The Labute approximate surface area is 124 Å². The maximum absolute atomic E-state index is 5.74. The van der Waals surface area contributed by atoms with Gasteiger partial charge in [-0.2, -0.15) is 0 Å². The molecule has 3 unspecified atom stereocenters. The molecule has 3 heteroatoms. The summed E-state index contributed by atoms with van der Waals surface area (Å²) in [6.07, 6.45) is 8.63. The lowest BCUT2D eigenvalue weighted by Gasteiger charge is -2.44. The maximum atomic E-state index is 5.74. The van der Waals surface area contributed by atoms with Crippen molar-refractivity contribution in [2.75, 3.05) is 45.9 Å². The molecule has 2 saturated heterocycles. The summed E-state index contributed by atoms with van der Waals surface area (Å²) in [4.78, 5) is 2.76. The largest absolute Gasteiger partial charge is 0.381 e. The predicted octanol–water partition coefficient (Wildman–Crippen LogP) is 2.51. The lowest BCUT2D eigenvalue weighted by Crippen LogP contribution is -2.49. The zero-order chi connectivity index (χ0) is 13.8. The van der Waals surface area contributed by atoms with Crippen molar-refractivity contribution in [3.8, 4) is 0 Å². The highest BCUT2D eigenvalue weighted by Crippen LogP contribution is 2.38. The van der Waals surface area contributed by atoms with Crippen LogP contribution in [0.2, 0.25) is 0 Å². The molecule has 1 N–H and O–H groups in total. The second-order valence-electron chi connectivity index (χ2n) is 7.41. The molecule has 3 rings (SSSR count). The summed E-state index contributed by atoms with van der Waals surface area (Å²) in [6.45, 7) is 10.3. The van der Waals surface area contributed by atoms with Gasteiger partial charge in [0, 0.05) is 31.7 Å². The average Bonchev–Trinajstić information content (AvgIpc) is 2.94. The Hall–Kier alpha value is -0.120. The minimum atomic E-state index is 0.386. The first-order valence-corrected chi connectivity index (χ1v) is 8.82. The molecule has 2 aliphatic heterocycles. The molecular weight excluding hydrogens is 248 g/mol. The van der Waals surface area contributed by atoms with Gasteiger partial charge in [0.25, 0.3) is 0 Å². The summed E-state index contributed by atoms with van der Waals surface area (Å²) in [6, 6.07) is 0. The van der Waals surface area contributed by atoms with E-state index >= 15 is 0 Å². The molecule has 116 valence electrons. The van der Waals surface area contributed by atoms with Crippen molar-refractivity contribution < 1.29 is 4.74 Å². The fraction of sp³-hybridized carbons (Fsp3) is 1.00. The first-order valence-electron chi connectivity index (χ1n) is 8.82. The van der Waals surface area contributed by atoms with E-state index in [1.807, 2.05) is 0 Å². The van der Waals surface area contributed by atoms with Gasteiger partial charge in [0.15, 0.2) is 0 Å². The average molecular weight is 280 g/mol. The fourth-order valence-electron chi connectivity index (χ4n) is 4.65. The number of fused-ring (bicyclic) bond motifs is 1. The zero-order valence-electron chi connectivity index (χ0n) is 13.2. The number of ether oxygens (including phenoxy) is 1. The molecule has 0 aromatic heterocycles. The number of hydrogen-bond acceptors (Lipinski definition) is 3. The van der Waals surface area contributed by atoms with Crippen LogP contribution in [0.3, 0.4) is 0 Å². The Morgan fingerprint density at radius 2 is 2.05 bits per heavy atom. The molecule has 0 spiro atoms. The molecule has 0 bridgehead atoms. The number of hydrogen-bond donors (Lipinski definition) is 1. The van der Waals surface area contributed by atoms with E-state index in [0.29, 0.717) is 5.41 Å². The molecule has 0 aromatic rings. The van der Waals surface area contributed by atoms with Gasteiger partial charge < -0.3 is 15.0 Å². The molecular formula is C17H32N2O. The summed E-state index contributed by atoms with van der Waals surface area (Å²) < 4.78 is 5.74. The van der Waals surface area contributed by atoms with E-state index in [1.54, 1.807) is 0 Å². The van der Waals surface area contributed by atoms with Crippen LogP contribution < -0.4 is 5.32 Å². The molecule has 1 saturated carbocycles. The van der Waals surface area contributed by atoms with Gasteiger partial charge in [-0.1, -0.05) is 26.2 Å². The summed E-state index contributed by atoms with van der Waals surface area (Å²) >= 11 is 0. The van der Waals surface area contributed by atoms with Gasteiger partial charge in [-0.3, -0.25) is 0 Å². The summed E-state index contributed by atoms with van der Waals surface area (Å²) in [7, 11) is 0. The van der Waals surface area contributed by atoms with Gasteiger partial charge >= 0.3 is 0 Å². The minimum Gasteiger partial charge on any atom is -0.381 e. The number of nitrogens with zero attached hydrogens (tertiary/aromatic N) is 1. The Morgan fingerprint density at radius 1 is 1.20 bits per heavy atom. The van der Waals surface area contributed by atoms with Gasteiger partial charge in [-0.05, 0) is 44.2 Å². The van der Waals surface area contributed by atoms with Crippen LogP contribution in [0.25, 0.3) is 0 Å². The van der Waals surface area contributed by atoms with Crippen molar-refractivity contribution in [2.45, 2.75) is 45.4 Å². The Balaban J connectivity index is 1.55. The number of piperidine rings is 1. The molecule has 0 aromatic carbocycles. The monoisotopic (exact) mass is 280 g/mol. The smallest absolute Gasteiger partial charge is 0.0547 e. The van der Waals surface area contributed by atoms with Gasteiger partial charge in [-0.15, -0.1) is 0 Å². The molecule has 3 atom stereocenters. The van der Waals surface area contributed by atoms with Crippen molar-refractivity contribution in [1.29, 1.82) is 0 Å². The lowest BCUT2D eigenvalue weighted by molar-refractivity contribution is 0.0449. The number of rotatable bonds is 5. The third-order valence-electron chi connectivity index (χ3n) is 5.87. The summed E-state index contributed by atoms with van der Waals surface area (Å²) in [5, 5.41) is 3.57. The first-order chi connectivity index (χ1) is 9.81. The molecule has 2 heterocycles. The van der Waals surface area contributed by atoms with Crippen molar-refractivity contribution in [2.24, 2.45) is 17.3 Å². The van der Waals surface area contributed by atoms with Gasteiger partial charge in [0.1, 0.15) is 0 Å². The first kappa shape index (κ1) is 14.8.